The van der Waals surface area contributed by atoms with E-state index in [9.17, 15) is 4.79 Å². The molecule has 3 aromatic carbocycles. The van der Waals surface area contributed by atoms with Gasteiger partial charge in [-0.15, -0.1) is 5.10 Å². The Morgan fingerprint density at radius 1 is 0.821 bits per heavy atom. The summed E-state index contributed by atoms with van der Waals surface area (Å²) in [5.74, 6) is 0.364. The van der Waals surface area contributed by atoms with Gasteiger partial charge in [-0.2, -0.15) is 5.10 Å². The highest BCUT2D eigenvalue weighted by molar-refractivity contribution is 8.15. The Bertz CT molecular complexity index is 962. The van der Waals surface area contributed by atoms with E-state index in [2.05, 4.69) is 56.8 Å². The normalized spacial score (nSPS) is 15.1. The molecular weight excluding hydrogens is 368 g/mol. The summed E-state index contributed by atoms with van der Waals surface area (Å²) in [5.41, 5.74) is 4.18. The summed E-state index contributed by atoms with van der Waals surface area (Å²) in [6.07, 6.45) is 1.68. The van der Waals surface area contributed by atoms with Crippen LogP contribution in [0, 0.1) is 0 Å². The number of amides is 1. The maximum absolute atomic E-state index is 11.2. The molecule has 1 heterocycles. The zero-order chi connectivity index (χ0) is 19.2. The average molecular weight is 386 g/mol. The van der Waals surface area contributed by atoms with E-state index in [0.29, 0.717) is 10.9 Å². The van der Waals surface area contributed by atoms with Gasteiger partial charge < -0.3 is 10.2 Å². The first-order chi connectivity index (χ1) is 13.8. The van der Waals surface area contributed by atoms with Crippen molar-refractivity contribution in [3.8, 4) is 0 Å². The lowest BCUT2D eigenvalue weighted by Crippen LogP contribution is -2.19. The molecule has 0 saturated carbocycles. The van der Waals surface area contributed by atoms with Crippen LogP contribution in [0.4, 0.5) is 17.1 Å². The van der Waals surface area contributed by atoms with E-state index < -0.39 is 0 Å². The molecule has 6 heteroatoms. The molecule has 0 unspecified atom stereocenters. The van der Waals surface area contributed by atoms with Crippen LogP contribution in [0.2, 0.25) is 0 Å². The SMILES string of the molecule is O=C1CSC(=NN=Cc2ccc(N(c3ccccc3)c3ccccc3)cc2)N1. The lowest BCUT2D eigenvalue weighted by molar-refractivity contribution is -0.116. The molecular formula is C22H18N4OS. The molecule has 0 aromatic heterocycles. The Balaban J connectivity index is 1.57. The summed E-state index contributed by atoms with van der Waals surface area (Å²) in [5, 5.41) is 11.3. The van der Waals surface area contributed by atoms with Crippen molar-refractivity contribution in [2.75, 3.05) is 10.7 Å². The molecule has 3 aromatic rings. The fourth-order valence-corrected chi connectivity index (χ4v) is 3.47. The average Bonchev–Trinajstić information content (AvgIpc) is 3.16. The quantitative estimate of drug-likeness (QED) is 0.510. The minimum absolute atomic E-state index is 0.0368. The molecule has 0 bridgehead atoms. The first-order valence-electron chi connectivity index (χ1n) is 8.83. The predicted octanol–water partition coefficient (Wildman–Crippen LogP) is 4.71. The standard InChI is InChI=1S/C22H18N4OS/c27-21-16-28-22(24-21)25-23-15-17-11-13-20(14-12-17)26(18-7-3-1-4-8-18)19-9-5-2-6-10-19/h1-15H,16H2,(H,24,25,27). The van der Waals surface area contributed by atoms with E-state index >= 15 is 0 Å². The fourth-order valence-electron chi connectivity index (χ4n) is 2.84. The van der Waals surface area contributed by atoms with Crippen LogP contribution >= 0.6 is 11.8 Å². The molecule has 138 valence electrons. The number of rotatable bonds is 5. The summed E-state index contributed by atoms with van der Waals surface area (Å²) in [7, 11) is 0. The van der Waals surface area contributed by atoms with Crippen LogP contribution < -0.4 is 10.2 Å². The Kier molecular flexibility index (Phi) is 5.49. The third-order valence-corrected chi connectivity index (χ3v) is 4.99. The number of carbonyl (C=O) groups excluding carboxylic acids is 1. The van der Waals surface area contributed by atoms with Crippen LogP contribution in [0.3, 0.4) is 0 Å². The Morgan fingerprint density at radius 3 is 1.93 bits per heavy atom. The number of thioether (sulfide) groups is 1. The van der Waals surface area contributed by atoms with Gasteiger partial charge in [-0.1, -0.05) is 60.3 Å². The number of hydrogen-bond acceptors (Lipinski definition) is 5. The van der Waals surface area contributed by atoms with Crippen LogP contribution in [-0.4, -0.2) is 23.0 Å². The van der Waals surface area contributed by atoms with E-state index in [4.69, 9.17) is 0 Å². The second-order valence-electron chi connectivity index (χ2n) is 6.08. The van der Waals surface area contributed by atoms with Crippen molar-refractivity contribution in [1.29, 1.82) is 0 Å². The van der Waals surface area contributed by atoms with E-state index in [1.54, 1.807) is 6.21 Å². The maximum atomic E-state index is 11.2. The van der Waals surface area contributed by atoms with Crippen molar-refractivity contribution in [3.05, 3.63) is 90.5 Å². The summed E-state index contributed by atoms with van der Waals surface area (Å²) in [6.45, 7) is 0. The lowest BCUT2D eigenvalue weighted by atomic mass is 10.1. The molecule has 0 spiro atoms. The lowest BCUT2D eigenvalue weighted by Gasteiger charge is -2.25. The second-order valence-corrected chi connectivity index (χ2v) is 7.05. The van der Waals surface area contributed by atoms with Crippen molar-refractivity contribution in [2.24, 2.45) is 10.2 Å². The number of nitrogens with zero attached hydrogens (tertiary/aromatic N) is 3. The summed E-state index contributed by atoms with van der Waals surface area (Å²) in [4.78, 5) is 13.4. The van der Waals surface area contributed by atoms with Crippen LogP contribution in [0.25, 0.3) is 0 Å². The molecule has 5 nitrogen and oxygen atoms in total. The highest BCUT2D eigenvalue weighted by Gasteiger charge is 2.16. The van der Waals surface area contributed by atoms with Crippen LogP contribution in [0.5, 0.6) is 0 Å². The second kappa shape index (κ2) is 8.54. The highest BCUT2D eigenvalue weighted by atomic mass is 32.2. The van der Waals surface area contributed by atoms with Gasteiger partial charge in [0.2, 0.25) is 5.91 Å². The zero-order valence-electron chi connectivity index (χ0n) is 15.0. The monoisotopic (exact) mass is 386 g/mol. The molecule has 1 aliphatic heterocycles. The van der Waals surface area contributed by atoms with E-state index in [1.807, 2.05) is 48.5 Å². The van der Waals surface area contributed by atoms with Crippen molar-refractivity contribution < 1.29 is 4.79 Å². The van der Waals surface area contributed by atoms with Gasteiger partial charge in [-0.05, 0) is 42.0 Å². The van der Waals surface area contributed by atoms with E-state index in [0.717, 1.165) is 22.6 Å². The first-order valence-corrected chi connectivity index (χ1v) is 9.82. The van der Waals surface area contributed by atoms with Gasteiger partial charge in [0.1, 0.15) is 0 Å². The van der Waals surface area contributed by atoms with Crippen LogP contribution in [0.1, 0.15) is 5.56 Å². The van der Waals surface area contributed by atoms with Crippen molar-refractivity contribution in [1.82, 2.24) is 5.32 Å². The molecule has 1 fully saturated rings. The van der Waals surface area contributed by atoms with Gasteiger partial charge in [-0.25, -0.2) is 0 Å². The Hall–Kier alpha value is -3.38. The summed E-state index contributed by atoms with van der Waals surface area (Å²) >= 11 is 1.36. The highest BCUT2D eigenvalue weighted by Crippen LogP contribution is 2.33. The minimum Gasteiger partial charge on any atom is -0.311 e. The van der Waals surface area contributed by atoms with Crippen molar-refractivity contribution in [2.45, 2.75) is 0 Å². The molecule has 1 amide bonds. The third-order valence-electron chi connectivity index (χ3n) is 4.12. The third kappa shape index (κ3) is 4.29. The number of amidine groups is 1. The van der Waals surface area contributed by atoms with Gasteiger partial charge in [0, 0.05) is 17.1 Å². The number of nitrogens with one attached hydrogen (secondary N) is 1. The first kappa shape index (κ1) is 18.0. The maximum Gasteiger partial charge on any atom is 0.236 e. The zero-order valence-corrected chi connectivity index (χ0v) is 15.8. The molecule has 1 N–H and O–H groups in total. The minimum atomic E-state index is -0.0368. The molecule has 0 radical (unpaired) electrons. The van der Waals surface area contributed by atoms with E-state index in [1.165, 1.54) is 11.8 Å². The molecule has 1 aliphatic rings. The van der Waals surface area contributed by atoms with Gasteiger partial charge in [0.05, 0.1) is 12.0 Å². The molecule has 1 saturated heterocycles. The molecule has 4 rings (SSSR count). The Labute approximate surface area is 167 Å². The topological polar surface area (TPSA) is 57.1 Å². The largest absolute Gasteiger partial charge is 0.311 e. The van der Waals surface area contributed by atoms with Crippen LogP contribution in [0.15, 0.2) is 95.1 Å². The number of hydrogen-bond donors (Lipinski definition) is 1. The smallest absolute Gasteiger partial charge is 0.236 e. The van der Waals surface area contributed by atoms with Gasteiger partial charge >= 0.3 is 0 Å². The van der Waals surface area contributed by atoms with Gasteiger partial charge in [-0.3, -0.25) is 4.79 Å². The fraction of sp³-hybridized carbons (Fsp3) is 0.0455. The van der Waals surface area contributed by atoms with Gasteiger partial charge in [0.15, 0.2) is 5.17 Å². The summed E-state index contributed by atoms with van der Waals surface area (Å²) in [6, 6.07) is 28.6. The number of benzene rings is 3. The number of carbonyl (C=O) groups is 1. The van der Waals surface area contributed by atoms with Crippen molar-refractivity contribution >= 4 is 46.1 Å². The van der Waals surface area contributed by atoms with E-state index in [-0.39, 0.29) is 5.91 Å². The molecule has 0 atom stereocenters. The molecule has 28 heavy (non-hydrogen) atoms. The van der Waals surface area contributed by atoms with Gasteiger partial charge in [0.25, 0.3) is 0 Å². The van der Waals surface area contributed by atoms with Crippen LogP contribution in [-0.2, 0) is 4.79 Å². The number of para-hydroxylation sites is 2. The van der Waals surface area contributed by atoms with Crippen molar-refractivity contribution in [3.63, 3.8) is 0 Å². The number of anilines is 3. The predicted molar refractivity (Wildman–Crippen MR) is 117 cm³/mol. The Morgan fingerprint density at radius 2 is 1.39 bits per heavy atom. The summed E-state index contributed by atoms with van der Waals surface area (Å²) < 4.78 is 0. The molecule has 0 aliphatic carbocycles.